The van der Waals surface area contributed by atoms with E-state index in [4.69, 9.17) is 0 Å². The van der Waals surface area contributed by atoms with E-state index in [1.807, 2.05) is 5.43 Å². The van der Waals surface area contributed by atoms with E-state index in [1.165, 1.54) is 18.3 Å². The molecular formula is C17H14F3N3O2S2. The Bertz CT molecular complexity index is 876. The number of alkyl halides is 3. The second kappa shape index (κ2) is 9.38. The lowest BCUT2D eigenvalue weighted by Crippen LogP contribution is -2.24. The third kappa shape index (κ3) is 6.26. The first-order chi connectivity index (χ1) is 12.8. The van der Waals surface area contributed by atoms with Crippen LogP contribution in [0, 0.1) is 0 Å². The summed E-state index contributed by atoms with van der Waals surface area (Å²) >= 11 is 2.04. The van der Waals surface area contributed by atoms with E-state index in [1.54, 1.807) is 35.9 Å². The molecule has 10 heteroatoms. The van der Waals surface area contributed by atoms with Crippen LogP contribution in [-0.2, 0) is 0 Å². The van der Waals surface area contributed by atoms with Crippen molar-refractivity contribution in [2.24, 2.45) is 10.1 Å². The smallest absolute Gasteiger partial charge is 0.432 e. The van der Waals surface area contributed by atoms with Crippen molar-refractivity contribution in [1.29, 1.82) is 0 Å². The molecule has 2 rings (SSSR count). The Labute approximate surface area is 161 Å². The lowest BCUT2D eigenvalue weighted by Gasteiger charge is -2.10. The number of phenolic OH excluding ortho intramolecular Hbond substituents is 1. The highest BCUT2D eigenvalue weighted by Crippen LogP contribution is 2.25. The van der Waals surface area contributed by atoms with Crippen LogP contribution in [0.4, 0.5) is 13.2 Å². The van der Waals surface area contributed by atoms with Crippen LogP contribution in [0.25, 0.3) is 0 Å². The first kappa shape index (κ1) is 20.7. The zero-order chi connectivity index (χ0) is 19.9. The van der Waals surface area contributed by atoms with Gasteiger partial charge in [0.2, 0.25) is 5.17 Å². The summed E-state index contributed by atoms with van der Waals surface area (Å²) in [5.41, 5.74) is 0.952. The average Bonchev–Trinajstić information content (AvgIpc) is 3.15. The topological polar surface area (TPSA) is 74.1 Å². The summed E-state index contributed by atoms with van der Waals surface area (Å²) in [6, 6.07) is 9.36. The number of thioether (sulfide) groups is 1. The van der Waals surface area contributed by atoms with Gasteiger partial charge in [0.05, 0.1) is 4.88 Å². The summed E-state index contributed by atoms with van der Waals surface area (Å²) in [5.74, 6) is -0.796. The molecule has 0 atom stereocenters. The van der Waals surface area contributed by atoms with E-state index < -0.39 is 17.7 Å². The van der Waals surface area contributed by atoms with Crippen molar-refractivity contribution in [2.75, 3.05) is 6.26 Å². The van der Waals surface area contributed by atoms with Gasteiger partial charge in [0.15, 0.2) is 5.78 Å². The van der Waals surface area contributed by atoms with Crippen molar-refractivity contribution in [3.63, 3.8) is 0 Å². The van der Waals surface area contributed by atoms with E-state index in [0.29, 0.717) is 11.6 Å². The molecule has 0 spiro atoms. The maximum Gasteiger partial charge on any atom is 0.432 e. The predicted molar refractivity (Wildman–Crippen MR) is 103 cm³/mol. The predicted octanol–water partition coefficient (Wildman–Crippen LogP) is 4.43. The minimum absolute atomic E-state index is 0.0167. The molecule has 1 aromatic carbocycles. The Hall–Kier alpha value is -2.59. The van der Waals surface area contributed by atoms with E-state index in [0.717, 1.165) is 23.1 Å². The van der Waals surface area contributed by atoms with Crippen LogP contribution in [0.5, 0.6) is 5.75 Å². The molecule has 5 nitrogen and oxygen atoms in total. The number of allylic oxidation sites excluding steroid dienone is 2. The Kier molecular flexibility index (Phi) is 7.19. The number of thiophene rings is 1. The molecule has 0 aliphatic heterocycles. The number of hydrazone groups is 1. The van der Waals surface area contributed by atoms with Gasteiger partial charge < -0.3 is 5.11 Å². The summed E-state index contributed by atoms with van der Waals surface area (Å²) < 4.78 is 39.5. The number of hydrogen-bond acceptors (Lipinski definition) is 6. The minimum Gasteiger partial charge on any atom is -0.507 e. The number of aromatic hydroxyl groups is 1. The zero-order valence-corrected chi connectivity index (χ0v) is 15.5. The van der Waals surface area contributed by atoms with Crippen LogP contribution in [-0.4, -0.2) is 34.7 Å². The third-order valence-electron chi connectivity index (χ3n) is 3.05. The third-order valence-corrected chi connectivity index (χ3v) is 4.50. The van der Waals surface area contributed by atoms with Crippen LogP contribution in [0.1, 0.15) is 15.2 Å². The molecule has 0 radical (unpaired) electrons. The van der Waals surface area contributed by atoms with Crippen LogP contribution in [0.2, 0.25) is 0 Å². The Morgan fingerprint density at radius 1 is 1.26 bits per heavy atom. The molecule has 0 fully saturated rings. The Morgan fingerprint density at radius 3 is 2.59 bits per heavy atom. The highest BCUT2D eigenvalue weighted by atomic mass is 32.2. The van der Waals surface area contributed by atoms with Crippen molar-refractivity contribution in [3.8, 4) is 5.75 Å². The molecule has 0 amide bonds. The monoisotopic (exact) mass is 413 g/mol. The molecule has 0 saturated carbocycles. The van der Waals surface area contributed by atoms with Gasteiger partial charge in [0.1, 0.15) is 11.4 Å². The van der Waals surface area contributed by atoms with Gasteiger partial charge in [-0.2, -0.15) is 13.2 Å². The van der Waals surface area contributed by atoms with Gasteiger partial charge in [0, 0.05) is 17.9 Å². The maximum atomic E-state index is 13.2. The number of benzene rings is 1. The Balaban J connectivity index is 2.20. The second-order valence-corrected chi connectivity index (χ2v) is 6.65. The quantitative estimate of drug-likeness (QED) is 0.250. The minimum atomic E-state index is -4.79. The van der Waals surface area contributed by atoms with E-state index in [9.17, 15) is 23.1 Å². The zero-order valence-electron chi connectivity index (χ0n) is 13.9. The summed E-state index contributed by atoms with van der Waals surface area (Å²) in [7, 11) is 0. The number of aliphatic imine (C=N–C) groups is 1. The van der Waals surface area contributed by atoms with Gasteiger partial charge in [-0.05, 0) is 29.8 Å². The fourth-order valence-corrected chi connectivity index (χ4v) is 2.69. The van der Waals surface area contributed by atoms with Crippen molar-refractivity contribution >= 4 is 40.3 Å². The second-order valence-electron chi connectivity index (χ2n) is 4.92. The van der Waals surface area contributed by atoms with Gasteiger partial charge in [-0.1, -0.05) is 30.0 Å². The number of phenols is 1. The Morgan fingerprint density at radius 2 is 2.00 bits per heavy atom. The standard InChI is InChI=1S/C17H14F3N3O2S2/c1-26-16(21-10-11-5-2-3-6-12(11)24)23-22-15(17(18,19)20)9-13(25)14-7-4-8-27-14/h2-10,22,24H,1H3/b15-9?,21-10+,23-16+. The molecule has 2 aromatic rings. The number of amidine groups is 1. The number of ketones is 1. The lowest BCUT2D eigenvalue weighted by atomic mass is 10.2. The number of halogens is 3. The fourth-order valence-electron chi connectivity index (χ4n) is 1.76. The first-order valence-electron chi connectivity index (χ1n) is 7.37. The van der Waals surface area contributed by atoms with Gasteiger partial charge in [-0.25, -0.2) is 4.99 Å². The van der Waals surface area contributed by atoms with Crippen molar-refractivity contribution in [2.45, 2.75) is 6.18 Å². The average molecular weight is 413 g/mol. The van der Waals surface area contributed by atoms with Crippen LogP contribution in [0.15, 0.2) is 63.6 Å². The van der Waals surface area contributed by atoms with Crippen LogP contribution < -0.4 is 5.43 Å². The molecule has 1 aromatic heterocycles. The van der Waals surface area contributed by atoms with Crippen molar-refractivity contribution in [1.82, 2.24) is 5.43 Å². The number of nitrogens with one attached hydrogen (secondary N) is 1. The number of nitrogens with zero attached hydrogens (tertiary/aromatic N) is 2. The highest BCUT2D eigenvalue weighted by Gasteiger charge is 2.35. The fraction of sp³-hybridized carbons (Fsp3) is 0.118. The molecule has 0 saturated heterocycles. The van der Waals surface area contributed by atoms with E-state index in [-0.39, 0.29) is 15.8 Å². The summed E-state index contributed by atoms with van der Waals surface area (Å²) in [6.07, 6.45) is -1.47. The van der Waals surface area contributed by atoms with Crippen LogP contribution in [0.3, 0.4) is 0 Å². The van der Waals surface area contributed by atoms with Gasteiger partial charge in [0.25, 0.3) is 0 Å². The normalized spacial score (nSPS) is 13.2. The van der Waals surface area contributed by atoms with Crippen molar-refractivity contribution in [3.05, 3.63) is 64.0 Å². The molecule has 27 heavy (non-hydrogen) atoms. The largest absolute Gasteiger partial charge is 0.507 e. The number of para-hydroxylation sites is 1. The van der Waals surface area contributed by atoms with Gasteiger partial charge in [-0.15, -0.1) is 16.4 Å². The SMILES string of the molecule is CSC(/N=C/c1ccccc1O)=N/NC(=CC(=O)c1cccs1)C(F)(F)F. The molecule has 142 valence electrons. The molecule has 2 N–H and O–H groups in total. The van der Waals surface area contributed by atoms with Crippen molar-refractivity contribution < 1.29 is 23.1 Å². The van der Waals surface area contributed by atoms with Gasteiger partial charge >= 0.3 is 6.18 Å². The van der Waals surface area contributed by atoms with E-state index in [2.05, 4.69) is 10.1 Å². The molecular weight excluding hydrogens is 399 g/mol. The summed E-state index contributed by atoms with van der Waals surface area (Å²) in [6.45, 7) is 0. The molecule has 0 aliphatic rings. The van der Waals surface area contributed by atoms with Crippen LogP contribution >= 0.6 is 23.1 Å². The summed E-state index contributed by atoms with van der Waals surface area (Å²) in [4.78, 5) is 16.0. The number of rotatable bonds is 5. The number of carbonyl (C=O) groups excluding carboxylic acids is 1. The maximum absolute atomic E-state index is 13.2. The molecule has 0 aliphatic carbocycles. The lowest BCUT2D eigenvalue weighted by molar-refractivity contribution is -0.0967. The molecule has 0 unspecified atom stereocenters. The van der Waals surface area contributed by atoms with Gasteiger partial charge in [-0.3, -0.25) is 10.2 Å². The van der Waals surface area contributed by atoms with E-state index >= 15 is 0 Å². The number of hydrogen-bond donors (Lipinski definition) is 2. The molecule has 1 heterocycles. The first-order valence-corrected chi connectivity index (χ1v) is 9.48. The summed E-state index contributed by atoms with van der Waals surface area (Å²) in [5, 5.41) is 14.8. The molecule has 0 bridgehead atoms. The number of carbonyl (C=O) groups is 1. The highest BCUT2D eigenvalue weighted by molar-refractivity contribution is 8.13.